The van der Waals surface area contributed by atoms with E-state index in [0.717, 1.165) is 5.56 Å². The highest BCUT2D eigenvalue weighted by molar-refractivity contribution is 7.89. The first-order chi connectivity index (χ1) is 12.9. The molecule has 1 amide bonds. The summed E-state index contributed by atoms with van der Waals surface area (Å²) in [5.41, 5.74) is 2.17. The van der Waals surface area contributed by atoms with Crippen LogP contribution in [-0.4, -0.2) is 31.7 Å². The highest BCUT2D eigenvalue weighted by Gasteiger charge is 2.32. The van der Waals surface area contributed by atoms with E-state index in [1.807, 2.05) is 13.0 Å². The van der Waals surface area contributed by atoms with Crippen molar-refractivity contribution in [3.05, 3.63) is 59.7 Å². The Balaban J connectivity index is 1.60. The van der Waals surface area contributed by atoms with Gasteiger partial charge in [-0.3, -0.25) is 4.79 Å². The van der Waals surface area contributed by atoms with Crippen LogP contribution >= 0.6 is 0 Å². The second kappa shape index (κ2) is 7.91. The average Bonchev–Trinajstić information content (AvgIpc) is 2.69. The molecule has 1 fully saturated rings. The third-order valence-electron chi connectivity index (χ3n) is 4.77. The van der Waals surface area contributed by atoms with Gasteiger partial charge in [0.05, 0.1) is 16.5 Å². The standard InChI is InChI=1S/C20H21N3O3S/c1-15-2-8-19(9-3-15)27(25,26)23-12-10-17(11-13-23)20(24)22-18-6-4-16(14-21)5-7-18/h2-9,17H,10-13H2,1H3,(H,22,24). The minimum Gasteiger partial charge on any atom is -0.326 e. The van der Waals surface area contributed by atoms with Gasteiger partial charge in [0.15, 0.2) is 0 Å². The van der Waals surface area contributed by atoms with Gasteiger partial charge >= 0.3 is 0 Å². The minimum absolute atomic E-state index is 0.118. The van der Waals surface area contributed by atoms with Crippen molar-refractivity contribution < 1.29 is 13.2 Å². The van der Waals surface area contributed by atoms with Crippen LogP contribution in [0.1, 0.15) is 24.0 Å². The summed E-state index contributed by atoms with van der Waals surface area (Å²) in [5, 5.41) is 11.6. The summed E-state index contributed by atoms with van der Waals surface area (Å²) in [4.78, 5) is 12.7. The first kappa shape index (κ1) is 19.1. The van der Waals surface area contributed by atoms with Gasteiger partial charge in [-0.2, -0.15) is 9.57 Å². The van der Waals surface area contributed by atoms with Crippen LogP contribution in [-0.2, 0) is 14.8 Å². The molecule has 2 aromatic carbocycles. The van der Waals surface area contributed by atoms with E-state index in [2.05, 4.69) is 5.32 Å². The predicted molar refractivity (Wildman–Crippen MR) is 102 cm³/mol. The molecule has 0 unspecified atom stereocenters. The molecule has 0 atom stereocenters. The number of hydrogen-bond acceptors (Lipinski definition) is 4. The van der Waals surface area contributed by atoms with Gasteiger partial charge in [-0.05, 0) is 56.2 Å². The number of carbonyl (C=O) groups excluding carboxylic acids is 1. The molecule has 6 nitrogen and oxygen atoms in total. The van der Waals surface area contributed by atoms with E-state index >= 15 is 0 Å². The number of benzene rings is 2. The van der Waals surface area contributed by atoms with Crippen molar-refractivity contribution in [3.8, 4) is 6.07 Å². The molecule has 3 rings (SSSR count). The summed E-state index contributed by atoms with van der Waals surface area (Å²) in [7, 11) is -3.52. The molecule has 0 aliphatic carbocycles. The molecule has 0 spiro atoms. The molecular formula is C20H21N3O3S. The summed E-state index contributed by atoms with van der Waals surface area (Å²) in [6.45, 7) is 2.55. The molecule has 1 N–H and O–H groups in total. The number of anilines is 1. The molecule has 27 heavy (non-hydrogen) atoms. The number of aryl methyl sites for hydroxylation is 1. The van der Waals surface area contributed by atoms with Crippen molar-refractivity contribution in [2.45, 2.75) is 24.7 Å². The van der Waals surface area contributed by atoms with Gasteiger partial charge in [-0.1, -0.05) is 17.7 Å². The van der Waals surface area contributed by atoms with Crippen LogP contribution < -0.4 is 5.32 Å². The van der Waals surface area contributed by atoms with Gasteiger partial charge in [-0.15, -0.1) is 0 Å². The van der Waals surface area contributed by atoms with Crippen LogP contribution in [0, 0.1) is 24.2 Å². The fourth-order valence-electron chi connectivity index (χ4n) is 3.09. The smallest absolute Gasteiger partial charge is 0.243 e. The molecular weight excluding hydrogens is 362 g/mol. The highest BCUT2D eigenvalue weighted by atomic mass is 32.2. The molecule has 0 radical (unpaired) electrons. The normalized spacial score (nSPS) is 15.9. The fourth-order valence-corrected chi connectivity index (χ4v) is 4.56. The zero-order valence-corrected chi connectivity index (χ0v) is 15.9. The van der Waals surface area contributed by atoms with Crippen molar-refractivity contribution in [2.75, 3.05) is 18.4 Å². The average molecular weight is 383 g/mol. The van der Waals surface area contributed by atoms with E-state index in [1.54, 1.807) is 48.5 Å². The van der Waals surface area contributed by atoms with Gasteiger partial charge in [0, 0.05) is 24.7 Å². The van der Waals surface area contributed by atoms with E-state index in [4.69, 9.17) is 5.26 Å². The lowest BCUT2D eigenvalue weighted by Gasteiger charge is -2.30. The predicted octanol–water partition coefficient (Wildman–Crippen LogP) is 2.91. The maximum absolute atomic E-state index is 12.7. The zero-order chi connectivity index (χ0) is 19.4. The Bertz CT molecular complexity index is 953. The lowest BCUT2D eigenvalue weighted by Crippen LogP contribution is -2.41. The Hall–Kier alpha value is -2.69. The summed E-state index contributed by atoms with van der Waals surface area (Å²) in [6, 6.07) is 15.5. The molecule has 1 saturated heterocycles. The highest BCUT2D eigenvalue weighted by Crippen LogP contribution is 2.25. The maximum atomic E-state index is 12.7. The quantitative estimate of drug-likeness (QED) is 0.879. The van der Waals surface area contributed by atoms with Crippen molar-refractivity contribution in [1.29, 1.82) is 5.26 Å². The SMILES string of the molecule is Cc1ccc(S(=O)(=O)N2CCC(C(=O)Nc3ccc(C#N)cc3)CC2)cc1. The largest absolute Gasteiger partial charge is 0.326 e. The molecule has 1 aliphatic rings. The van der Waals surface area contributed by atoms with Crippen molar-refractivity contribution >= 4 is 21.6 Å². The second-order valence-corrected chi connectivity index (χ2v) is 8.61. The van der Waals surface area contributed by atoms with Crippen molar-refractivity contribution in [2.24, 2.45) is 5.92 Å². The fraction of sp³-hybridized carbons (Fsp3) is 0.300. The van der Waals surface area contributed by atoms with Gasteiger partial charge < -0.3 is 5.32 Å². The zero-order valence-electron chi connectivity index (χ0n) is 15.1. The van der Waals surface area contributed by atoms with Gasteiger partial charge in [-0.25, -0.2) is 8.42 Å². The molecule has 0 saturated carbocycles. The van der Waals surface area contributed by atoms with Gasteiger partial charge in [0.1, 0.15) is 0 Å². The topological polar surface area (TPSA) is 90.3 Å². The lowest BCUT2D eigenvalue weighted by atomic mass is 9.97. The number of piperidine rings is 1. The molecule has 0 bridgehead atoms. The van der Waals surface area contributed by atoms with E-state index in [9.17, 15) is 13.2 Å². The Morgan fingerprint density at radius 1 is 1.07 bits per heavy atom. The number of nitrogens with one attached hydrogen (secondary N) is 1. The number of amides is 1. The maximum Gasteiger partial charge on any atom is 0.243 e. The Kier molecular flexibility index (Phi) is 5.59. The summed E-state index contributed by atoms with van der Waals surface area (Å²) >= 11 is 0. The first-order valence-corrected chi connectivity index (χ1v) is 10.2. The van der Waals surface area contributed by atoms with E-state index in [-0.39, 0.29) is 16.7 Å². The Morgan fingerprint density at radius 2 is 1.67 bits per heavy atom. The second-order valence-electron chi connectivity index (χ2n) is 6.67. The number of nitrogens with zero attached hydrogens (tertiary/aromatic N) is 2. The number of hydrogen-bond donors (Lipinski definition) is 1. The third-order valence-corrected chi connectivity index (χ3v) is 6.68. The third kappa shape index (κ3) is 4.35. The summed E-state index contributed by atoms with van der Waals surface area (Å²) in [6.07, 6.45) is 0.959. The lowest BCUT2D eigenvalue weighted by molar-refractivity contribution is -0.120. The number of sulfonamides is 1. The summed E-state index contributed by atoms with van der Waals surface area (Å²) in [5.74, 6) is -0.350. The molecule has 1 aliphatic heterocycles. The monoisotopic (exact) mass is 383 g/mol. The number of rotatable bonds is 4. The molecule has 1 heterocycles. The first-order valence-electron chi connectivity index (χ1n) is 8.78. The molecule has 2 aromatic rings. The van der Waals surface area contributed by atoms with Gasteiger partial charge in [0.2, 0.25) is 15.9 Å². The number of nitriles is 1. The number of carbonyl (C=O) groups is 1. The van der Waals surface area contributed by atoms with Crippen molar-refractivity contribution in [3.63, 3.8) is 0 Å². The van der Waals surface area contributed by atoms with Crippen LogP contribution in [0.4, 0.5) is 5.69 Å². The van der Waals surface area contributed by atoms with E-state index in [1.165, 1.54) is 4.31 Å². The van der Waals surface area contributed by atoms with Crippen molar-refractivity contribution in [1.82, 2.24) is 4.31 Å². The molecule has 0 aromatic heterocycles. The molecule has 140 valence electrons. The van der Waals surface area contributed by atoms with Gasteiger partial charge in [0.25, 0.3) is 0 Å². The van der Waals surface area contributed by atoms with Crippen LogP contribution in [0.25, 0.3) is 0 Å². The minimum atomic E-state index is -3.52. The van der Waals surface area contributed by atoms with Crippen LogP contribution in [0.3, 0.4) is 0 Å². The van der Waals surface area contributed by atoms with E-state index in [0.29, 0.717) is 37.2 Å². The van der Waals surface area contributed by atoms with Crippen LogP contribution in [0.2, 0.25) is 0 Å². The molecule has 7 heteroatoms. The Labute approximate surface area is 159 Å². The summed E-state index contributed by atoms with van der Waals surface area (Å²) < 4.78 is 26.9. The Morgan fingerprint density at radius 3 is 2.22 bits per heavy atom. The van der Waals surface area contributed by atoms with E-state index < -0.39 is 10.0 Å². The van der Waals surface area contributed by atoms with Crippen LogP contribution in [0.15, 0.2) is 53.4 Å². The van der Waals surface area contributed by atoms with Crippen LogP contribution in [0.5, 0.6) is 0 Å².